The van der Waals surface area contributed by atoms with Gasteiger partial charge in [-0.05, 0) is 51.0 Å². The normalized spacial score (nSPS) is 9.79. The maximum atomic E-state index is 2.22. The van der Waals surface area contributed by atoms with Crippen LogP contribution in [0.4, 0.5) is 5.69 Å². The summed E-state index contributed by atoms with van der Waals surface area (Å²) >= 11 is 0. The molecule has 1 nitrogen and oxygen atoms in total. The maximum absolute atomic E-state index is 2.22. The number of allylic oxidation sites excluding steroid dienone is 1. The Morgan fingerprint density at radius 2 is 1.79 bits per heavy atom. The summed E-state index contributed by atoms with van der Waals surface area (Å²) in [6, 6.07) is 6.54. The van der Waals surface area contributed by atoms with Gasteiger partial charge in [0.05, 0.1) is 0 Å². The molecule has 0 saturated heterocycles. The minimum Gasteiger partial charge on any atom is -0.351 e. The predicted octanol–water partition coefficient (Wildman–Crippen LogP) is 3.66. The first-order valence-electron chi connectivity index (χ1n) is 4.96. The van der Waals surface area contributed by atoms with Gasteiger partial charge < -0.3 is 4.90 Å². The van der Waals surface area contributed by atoms with Crippen LogP contribution in [-0.4, -0.2) is 7.05 Å². The van der Waals surface area contributed by atoms with Gasteiger partial charge in [-0.3, -0.25) is 0 Å². The molecular weight excluding hydrogens is 170 g/mol. The molecule has 0 radical (unpaired) electrons. The van der Waals surface area contributed by atoms with Crippen molar-refractivity contribution in [2.75, 3.05) is 11.9 Å². The largest absolute Gasteiger partial charge is 0.351 e. The van der Waals surface area contributed by atoms with Crippen molar-refractivity contribution in [3.05, 3.63) is 41.1 Å². The minimum absolute atomic E-state index is 1.24. The number of hydrogen-bond donors (Lipinski definition) is 0. The fourth-order valence-corrected chi connectivity index (χ4v) is 1.41. The lowest BCUT2D eigenvalue weighted by Crippen LogP contribution is -2.08. The second-order valence-electron chi connectivity index (χ2n) is 4.09. The lowest BCUT2D eigenvalue weighted by Gasteiger charge is -2.16. The van der Waals surface area contributed by atoms with Crippen LogP contribution in [0, 0.1) is 13.8 Å². The van der Waals surface area contributed by atoms with Crippen LogP contribution >= 0.6 is 0 Å². The molecule has 14 heavy (non-hydrogen) atoms. The van der Waals surface area contributed by atoms with Crippen LogP contribution in [-0.2, 0) is 0 Å². The first-order chi connectivity index (χ1) is 6.50. The zero-order valence-corrected chi connectivity index (χ0v) is 9.76. The van der Waals surface area contributed by atoms with E-state index in [4.69, 9.17) is 0 Å². The smallest absolute Gasteiger partial charge is 0.0406 e. The van der Waals surface area contributed by atoms with Crippen molar-refractivity contribution in [3.63, 3.8) is 0 Å². The van der Waals surface area contributed by atoms with Crippen molar-refractivity contribution in [2.24, 2.45) is 0 Å². The molecule has 0 amide bonds. The summed E-state index contributed by atoms with van der Waals surface area (Å²) in [5.41, 5.74) is 5.25. The zero-order valence-electron chi connectivity index (χ0n) is 9.76. The molecule has 0 heterocycles. The summed E-state index contributed by atoms with van der Waals surface area (Å²) in [5, 5.41) is 0. The quantitative estimate of drug-likeness (QED) is 0.686. The molecule has 0 saturated carbocycles. The lowest BCUT2D eigenvalue weighted by atomic mass is 10.1. The van der Waals surface area contributed by atoms with E-state index >= 15 is 0 Å². The van der Waals surface area contributed by atoms with Crippen molar-refractivity contribution in [2.45, 2.75) is 27.7 Å². The predicted molar refractivity (Wildman–Crippen MR) is 63.8 cm³/mol. The fraction of sp³-hybridized carbons (Fsp3) is 0.385. The van der Waals surface area contributed by atoms with Gasteiger partial charge in [0.2, 0.25) is 0 Å². The molecule has 0 bridgehead atoms. The van der Waals surface area contributed by atoms with E-state index in [9.17, 15) is 0 Å². The first-order valence-corrected chi connectivity index (χ1v) is 4.96. The van der Waals surface area contributed by atoms with Gasteiger partial charge in [-0.2, -0.15) is 0 Å². The molecule has 0 spiro atoms. The summed E-state index contributed by atoms with van der Waals surface area (Å²) in [6.45, 7) is 8.50. The second-order valence-corrected chi connectivity index (χ2v) is 4.09. The van der Waals surface area contributed by atoms with Crippen LogP contribution in [0.1, 0.15) is 25.0 Å². The highest BCUT2D eigenvalue weighted by atomic mass is 15.1. The number of nitrogens with zero attached hydrogens (tertiary/aromatic N) is 1. The molecule has 0 aromatic heterocycles. The van der Waals surface area contributed by atoms with Crippen LogP contribution < -0.4 is 4.90 Å². The van der Waals surface area contributed by atoms with E-state index in [1.54, 1.807) is 0 Å². The van der Waals surface area contributed by atoms with Crippen molar-refractivity contribution in [1.82, 2.24) is 0 Å². The average Bonchev–Trinajstić information content (AvgIpc) is 2.08. The molecule has 76 valence electrons. The standard InChI is InChI=1S/C13H19N/c1-10(2)9-14(5)13-7-6-11(3)12(4)8-13/h6-9H,1-5H3. The molecule has 0 atom stereocenters. The highest BCUT2D eigenvalue weighted by Gasteiger charge is 1.99. The van der Waals surface area contributed by atoms with E-state index in [0.29, 0.717) is 0 Å². The molecule has 1 aromatic carbocycles. The molecule has 0 N–H and O–H groups in total. The van der Waals surface area contributed by atoms with E-state index in [-0.39, 0.29) is 0 Å². The first kappa shape index (κ1) is 10.8. The average molecular weight is 189 g/mol. The summed E-state index contributed by atoms with van der Waals surface area (Å²) in [5.74, 6) is 0. The Hall–Kier alpha value is -1.24. The summed E-state index contributed by atoms with van der Waals surface area (Å²) in [6.07, 6.45) is 2.14. The fourth-order valence-electron chi connectivity index (χ4n) is 1.41. The van der Waals surface area contributed by atoms with Crippen LogP contribution in [0.5, 0.6) is 0 Å². The van der Waals surface area contributed by atoms with E-state index in [1.807, 2.05) is 0 Å². The molecule has 1 heteroatoms. The number of aryl methyl sites for hydroxylation is 2. The van der Waals surface area contributed by atoms with Gasteiger partial charge in [-0.1, -0.05) is 11.6 Å². The van der Waals surface area contributed by atoms with E-state index < -0.39 is 0 Å². The Morgan fingerprint density at radius 3 is 2.29 bits per heavy atom. The summed E-state index contributed by atoms with van der Waals surface area (Å²) in [7, 11) is 2.08. The third-order valence-electron chi connectivity index (χ3n) is 2.35. The highest BCUT2D eigenvalue weighted by molar-refractivity contribution is 5.52. The van der Waals surface area contributed by atoms with Crippen molar-refractivity contribution < 1.29 is 0 Å². The monoisotopic (exact) mass is 189 g/mol. The number of anilines is 1. The maximum Gasteiger partial charge on any atom is 0.0406 e. The van der Waals surface area contributed by atoms with Gasteiger partial charge in [0, 0.05) is 18.9 Å². The van der Waals surface area contributed by atoms with Crippen molar-refractivity contribution in [3.8, 4) is 0 Å². The Morgan fingerprint density at radius 1 is 1.14 bits per heavy atom. The number of hydrogen-bond acceptors (Lipinski definition) is 1. The molecule has 0 fully saturated rings. The topological polar surface area (TPSA) is 3.24 Å². The van der Waals surface area contributed by atoms with Gasteiger partial charge in [0.1, 0.15) is 0 Å². The molecule has 0 aliphatic carbocycles. The van der Waals surface area contributed by atoms with Crippen LogP contribution in [0.15, 0.2) is 30.0 Å². The Labute approximate surface area is 87.1 Å². The second kappa shape index (κ2) is 4.32. The molecule has 1 rings (SSSR count). The molecular formula is C13H19N. The minimum atomic E-state index is 1.24. The Bertz CT molecular complexity index is 346. The Kier molecular flexibility index (Phi) is 3.34. The van der Waals surface area contributed by atoms with E-state index in [2.05, 4.69) is 64.0 Å². The van der Waals surface area contributed by atoms with Crippen LogP contribution in [0.3, 0.4) is 0 Å². The molecule has 1 aromatic rings. The molecule has 0 aliphatic heterocycles. The third-order valence-corrected chi connectivity index (χ3v) is 2.35. The molecule has 0 unspecified atom stereocenters. The zero-order chi connectivity index (χ0) is 10.7. The SMILES string of the molecule is CC(C)=CN(C)c1ccc(C)c(C)c1. The van der Waals surface area contributed by atoms with E-state index in [0.717, 1.165) is 0 Å². The van der Waals surface area contributed by atoms with Crippen LogP contribution in [0.25, 0.3) is 0 Å². The van der Waals surface area contributed by atoms with E-state index in [1.165, 1.54) is 22.4 Å². The number of benzene rings is 1. The third kappa shape index (κ3) is 2.63. The molecule has 0 aliphatic rings. The number of rotatable bonds is 2. The van der Waals surface area contributed by atoms with Gasteiger partial charge in [0.15, 0.2) is 0 Å². The van der Waals surface area contributed by atoms with Gasteiger partial charge in [-0.25, -0.2) is 0 Å². The van der Waals surface area contributed by atoms with Crippen molar-refractivity contribution in [1.29, 1.82) is 0 Å². The highest BCUT2D eigenvalue weighted by Crippen LogP contribution is 2.18. The van der Waals surface area contributed by atoms with Gasteiger partial charge in [0.25, 0.3) is 0 Å². The van der Waals surface area contributed by atoms with Gasteiger partial charge in [-0.15, -0.1) is 0 Å². The van der Waals surface area contributed by atoms with Crippen LogP contribution in [0.2, 0.25) is 0 Å². The lowest BCUT2D eigenvalue weighted by molar-refractivity contribution is 1.15. The Balaban J connectivity index is 2.97. The summed E-state index contributed by atoms with van der Waals surface area (Å²) < 4.78 is 0. The van der Waals surface area contributed by atoms with Gasteiger partial charge >= 0.3 is 0 Å². The summed E-state index contributed by atoms with van der Waals surface area (Å²) in [4.78, 5) is 2.15. The van der Waals surface area contributed by atoms with Crippen molar-refractivity contribution >= 4 is 5.69 Å².